The van der Waals surface area contributed by atoms with Gasteiger partial charge < -0.3 is 10.0 Å². The Kier molecular flexibility index (Phi) is 5.77. The van der Waals surface area contributed by atoms with Crippen molar-refractivity contribution in [3.05, 3.63) is 18.3 Å². The number of nitrogens with zero attached hydrogens (tertiary/aromatic N) is 2. The van der Waals surface area contributed by atoms with E-state index in [1.54, 1.807) is 12.1 Å². The number of nitrogens with one attached hydrogen (secondary N) is 1. The van der Waals surface area contributed by atoms with Crippen molar-refractivity contribution in [1.29, 1.82) is 0 Å². The Balaban J connectivity index is 2.07. The van der Waals surface area contributed by atoms with Crippen LogP contribution in [0.1, 0.15) is 39.5 Å². The van der Waals surface area contributed by atoms with Crippen molar-refractivity contribution in [3.63, 3.8) is 0 Å². The topological polar surface area (TPSA) is 82.5 Å². The third kappa shape index (κ3) is 4.41. The second-order valence-corrected chi connectivity index (χ2v) is 7.62. The largest absolute Gasteiger partial charge is 0.391 e. The lowest BCUT2D eigenvalue weighted by molar-refractivity contribution is 0.154. The van der Waals surface area contributed by atoms with E-state index in [1.165, 1.54) is 6.20 Å². The third-order valence-electron chi connectivity index (χ3n) is 3.83. The first kappa shape index (κ1) is 17.2. The van der Waals surface area contributed by atoms with Crippen molar-refractivity contribution < 1.29 is 13.5 Å². The number of aliphatic hydroxyl groups is 1. The van der Waals surface area contributed by atoms with E-state index in [-0.39, 0.29) is 17.0 Å². The van der Waals surface area contributed by atoms with Crippen molar-refractivity contribution in [1.82, 2.24) is 9.71 Å². The van der Waals surface area contributed by atoms with Gasteiger partial charge in [-0.3, -0.25) is 0 Å². The van der Waals surface area contributed by atoms with E-state index in [1.807, 2.05) is 18.7 Å². The molecule has 1 saturated heterocycles. The number of hydrogen-bond acceptors (Lipinski definition) is 5. The van der Waals surface area contributed by atoms with Gasteiger partial charge in [0.2, 0.25) is 10.0 Å². The Labute approximate surface area is 132 Å². The van der Waals surface area contributed by atoms with Crippen LogP contribution in [0.3, 0.4) is 0 Å². The van der Waals surface area contributed by atoms with E-state index in [0.717, 1.165) is 32.2 Å². The Bertz CT molecular complexity index is 574. The zero-order valence-electron chi connectivity index (χ0n) is 13.2. The number of β-amino-alcohol motifs (C(OH)–C–C–N with tert-alkyl or cyclic N) is 1. The molecule has 0 aromatic carbocycles. The van der Waals surface area contributed by atoms with Gasteiger partial charge in [0.05, 0.1) is 6.10 Å². The van der Waals surface area contributed by atoms with Crippen LogP contribution in [-0.4, -0.2) is 43.7 Å². The standard InChI is InChI=1S/C15H25N3O3S/c1-3-5-12(2)17-22(20,21)14-7-8-15(16-10-14)18-9-4-6-13(19)11-18/h7-8,10,12-13,17,19H,3-6,9,11H2,1-2H3/t12-,13+/m0/s1. The predicted molar refractivity (Wildman–Crippen MR) is 86.4 cm³/mol. The highest BCUT2D eigenvalue weighted by Gasteiger charge is 2.21. The summed E-state index contributed by atoms with van der Waals surface area (Å²) in [5, 5.41) is 9.70. The molecule has 22 heavy (non-hydrogen) atoms. The van der Waals surface area contributed by atoms with Crippen molar-refractivity contribution >= 4 is 15.8 Å². The molecule has 1 fully saturated rings. The fourth-order valence-corrected chi connectivity index (χ4v) is 3.93. The maximum Gasteiger partial charge on any atom is 0.242 e. The molecule has 0 saturated carbocycles. The summed E-state index contributed by atoms with van der Waals surface area (Å²) in [6, 6.07) is 3.19. The van der Waals surface area contributed by atoms with Gasteiger partial charge in [-0.05, 0) is 38.3 Å². The van der Waals surface area contributed by atoms with E-state index in [4.69, 9.17) is 0 Å². The zero-order valence-corrected chi connectivity index (χ0v) is 14.0. The van der Waals surface area contributed by atoms with Gasteiger partial charge in [-0.25, -0.2) is 18.1 Å². The van der Waals surface area contributed by atoms with Crippen LogP contribution >= 0.6 is 0 Å². The highest BCUT2D eigenvalue weighted by molar-refractivity contribution is 7.89. The Morgan fingerprint density at radius 1 is 1.50 bits per heavy atom. The first-order valence-corrected chi connectivity index (χ1v) is 9.32. The first-order valence-electron chi connectivity index (χ1n) is 7.83. The molecule has 1 aliphatic rings. The monoisotopic (exact) mass is 327 g/mol. The molecule has 7 heteroatoms. The van der Waals surface area contributed by atoms with Crippen molar-refractivity contribution in [2.24, 2.45) is 0 Å². The molecule has 0 amide bonds. The molecule has 124 valence electrons. The van der Waals surface area contributed by atoms with Crippen molar-refractivity contribution in [2.45, 2.75) is 56.6 Å². The highest BCUT2D eigenvalue weighted by Crippen LogP contribution is 2.19. The Morgan fingerprint density at radius 3 is 2.86 bits per heavy atom. The van der Waals surface area contributed by atoms with Crippen LogP contribution in [0.5, 0.6) is 0 Å². The van der Waals surface area contributed by atoms with Crippen molar-refractivity contribution in [3.8, 4) is 0 Å². The summed E-state index contributed by atoms with van der Waals surface area (Å²) in [5.74, 6) is 0.708. The van der Waals surface area contributed by atoms with Gasteiger partial charge in [0, 0.05) is 25.3 Å². The fourth-order valence-electron chi connectivity index (χ4n) is 2.71. The van der Waals surface area contributed by atoms with E-state index in [9.17, 15) is 13.5 Å². The minimum atomic E-state index is -3.52. The second kappa shape index (κ2) is 7.39. The molecular weight excluding hydrogens is 302 g/mol. The molecule has 6 nitrogen and oxygen atoms in total. The highest BCUT2D eigenvalue weighted by atomic mass is 32.2. The van der Waals surface area contributed by atoms with Crippen LogP contribution in [0.15, 0.2) is 23.2 Å². The Hall–Kier alpha value is -1.18. The molecule has 0 aliphatic carbocycles. The van der Waals surface area contributed by atoms with E-state index < -0.39 is 10.0 Å². The smallest absolute Gasteiger partial charge is 0.242 e. The summed E-state index contributed by atoms with van der Waals surface area (Å²) < 4.78 is 27.2. The molecule has 1 aromatic rings. The van der Waals surface area contributed by atoms with Crippen LogP contribution in [0.2, 0.25) is 0 Å². The quantitative estimate of drug-likeness (QED) is 0.827. The van der Waals surface area contributed by atoms with Crippen molar-refractivity contribution in [2.75, 3.05) is 18.0 Å². The van der Waals surface area contributed by atoms with Gasteiger partial charge in [-0.1, -0.05) is 13.3 Å². The summed E-state index contributed by atoms with van der Waals surface area (Å²) >= 11 is 0. The second-order valence-electron chi connectivity index (χ2n) is 5.91. The first-order chi connectivity index (χ1) is 10.4. The number of pyridine rings is 1. The molecule has 2 N–H and O–H groups in total. The molecule has 0 bridgehead atoms. The van der Waals surface area contributed by atoms with Gasteiger partial charge in [0.15, 0.2) is 0 Å². The molecule has 0 unspecified atom stereocenters. The predicted octanol–water partition coefficient (Wildman–Crippen LogP) is 1.51. The van der Waals surface area contributed by atoms with Gasteiger partial charge >= 0.3 is 0 Å². The third-order valence-corrected chi connectivity index (χ3v) is 5.40. The number of anilines is 1. The molecule has 0 spiro atoms. The van der Waals surface area contributed by atoms with Gasteiger partial charge in [-0.2, -0.15) is 0 Å². The van der Waals surface area contributed by atoms with Gasteiger partial charge in [0.25, 0.3) is 0 Å². The summed E-state index contributed by atoms with van der Waals surface area (Å²) in [4.78, 5) is 6.41. The number of sulfonamides is 1. The minimum absolute atomic E-state index is 0.0908. The van der Waals surface area contributed by atoms with Crippen LogP contribution in [0.4, 0.5) is 5.82 Å². The van der Waals surface area contributed by atoms with E-state index >= 15 is 0 Å². The van der Waals surface area contributed by atoms with Gasteiger partial charge in [-0.15, -0.1) is 0 Å². The normalized spacial score (nSPS) is 20.9. The fraction of sp³-hybridized carbons (Fsp3) is 0.667. The molecule has 0 radical (unpaired) electrons. The average Bonchev–Trinajstić information content (AvgIpc) is 2.47. The van der Waals surface area contributed by atoms with E-state index in [2.05, 4.69) is 9.71 Å². The SMILES string of the molecule is CCC[C@H](C)NS(=O)(=O)c1ccc(N2CCC[C@@H](O)C2)nc1. The van der Waals surface area contributed by atoms with Crippen LogP contribution < -0.4 is 9.62 Å². The summed E-state index contributed by atoms with van der Waals surface area (Å²) in [5.41, 5.74) is 0. The molecule has 1 aliphatic heterocycles. The summed E-state index contributed by atoms with van der Waals surface area (Å²) in [6.07, 6.45) is 4.50. The van der Waals surface area contributed by atoms with Crippen LogP contribution in [-0.2, 0) is 10.0 Å². The maximum atomic E-state index is 12.3. The number of hydrogen-bond donors (Lipinski definition) is 2. The van der Waals surface area contributed by atoms with Crippen LogP contribution in [0.25, 0.3) is 0 Å². The molecule has 2 heterocycles. The number of rotatable bonds is 6. The average molecular weight is 327 g/mol. The molecule has 2 rings (SSSR count). The summed E-state index contributed by atoms with van der Waals surface area (Å²) in [6.45, 7) is 5.26. The minimum Gasteiger partial charge on any atom is -0.391 e. The molecular formula is C15H25N3O3S. The zero-order chi connectivity index (χ0) is 16.2. The maximum absolute atomic E-state index is 12.3. The lowest BCUT2D eigenvalue weighted by atomic mass is 10.1. The number of piperidine rings is 1. The molecule has 2 atom stereocenters. The van der Waals surface area contributed by atoms with Crippen LogP contribution in [0, 0.1) is 0 Å². The Morgan fingerprint density at radius 2 is 2.27 bits per heavy atom. The number of aliphatic hydroxyl groups excluding tert-OH is 1. The summed E-state index contributed by atoms with van der Waals surface area (Å²) in [7, 11) is -3.52. The lowest BCUT2D eigenvalue weighted by Crippen LogP contribution is -2.38. The van der Waals surface area contributed by atoms with E-state index in [0.29, 0.717) is 12.4 Å². The molecule has 1 aromatic heterocycles. The van der Waals surface area contributed by atoms with Gasteiger partial charge in [0.1, 0.15) is 10.7 Å². The number of aromatic nitrogens is 1. The lowest BCUT2D eigenvalue weighted by Gasteiger charge is -2.31.